The van der Waals surface area contributed by atoms with Gasteiger partial charge in [0, 0.05) is 11.3 Å². The Balaban J connectivity index is 1.67. The molecule has 8 heteroatoms. The summed E-state index contributed by atoms with van der Waals surface area (Å²) in [7, 11) is 0. The van der Waals surface area contributed by atoms with E-state index in [1.165, 1.54) is 36.5 Å². The van der Waals surface area contributed by atoms with Crippen LogP contribution in [-0.2, 0) is 6.18 Å². The number of benzene rings is 2. The van der Waals surface area contributed by atoms with Crippen molar-refractivity contribution < 1.29 is 22.4 Å². The molecule has 27 heavy (non-hydrogen) atoms. The van der Waals surface area contributed by atoms with E-state index in [2.05, 4.69) is 15.8 Å². The van der Waals surface area contributed by atoms with Crippen molar-refractivity contribution in [2.75, 3.05) is 5.32 Å². The molecule has 0 saturated heterocycles. The lowest BCUT2D eigenvalue weighted by molar-refractivity contribution is -0.137. The van der Waals surface area contributed by atoms with Gasteiger partial charge in [-0.05, 0) is 30.3 Å². The average Bonchev–Trinajstić information content (AvgIpc) is 3.11. The smallest absolute Gasteiger partial charge is 0.417 e. The first-order valence-corrected chi connectivity index (χ1v) is 7.85. The Labute approximate surface area is 152 Å². The van der Waals surface area contributed by atoms with Gasteiger partial charge >= 0.3 is 12.2 Å². The van der Waals surface area contributed by atoms with Crippen LogP contribution in [0, 0.1) is 0 Å². The van der Waals surface area contributed by atoms with Gasteiger partial charge in [-0.2, -0.15) is 18.3 Å². The van der Waals surface area contributed by atoms with E-state index in [9.17, 15) is 18.0 Å². The summed E-state index contributed by atoms with van der Waals surface area (Å²) in [6.45, 7) is 0. The van der Waals surface area contributed by atoms with Crippen molar-refractivity contribution in [3.63, 3.8) is 0 Å². The van der Waals surface area contributed by atoms with Gasteiger partial charge < -0.3 is 9.73 Å². The third kappa shape index (κ3) is 4.75. The van der Waals surface area contributed by atoms with Gasteiger partial charge in [0.05, 0.1) is 11.8 Å². The molecule has 3 aromatic rings. The summed E-state index contributed by atoms with van der Waals surface area (Å²) in [6.07, 6.45) is -3.29. The number of para-hydroxylation sites is 1. The molecule has 2 aromatic carbocycles. The number of furan rings is 1. The van der Waals surface area contributed by atoms with Crippen LogP contribution in [0.25, 0.3) is 11.3 Å². The molecular formula is C19H14F3N3O2. The number of alkyl halides is 3. The van der Waals surface area contributed by atoms with E-state index in [-0.39, 0.29) is 17.1 Å². The summed E-state index contributed by atoms with van der Waals surface area (Å²) in [6, 6.07) is 16.2. The van der Waals surface area contributed by atoms with Gasteiger partial charge in [0.15, 0.2) is 0 Å². The van der Waals surface area contributed by atoms with E-state index in [0.29, 0.717) is 5.69 Å². The minimum Gasteiger partial charge on any atom is -0.455 e. The molecule has 2 N–H and O–H groups in total. The molecule has 0 bridgehead atoms. The maximum atomic E-state index is 13.1. The number of hydrogen-bond acceptors (Lipinski definition) is 3. The average molecular weight is 373 g/mol. The van der Waals surface area contributed by atoms with Crippen LogP contribution in [-0.4, -0.2) is 12.2 Å². The highest BCUT2D eigenvalue weighted by molar-refractivity contribution is 5.90. The molecule has 1 aromatic heterocycles. The molecule has 0 aliphatic carbocycles. The summed E-state index contributed by atoms with van der Waals surface area (Å²) >= 11 is 0. The first-order chi connectivity index (χ1) is 12.9. The molecule has 0 aliphatic heterocycles. The number of nitrogens with zero attached hydrogens (tertiary/aromatic N) is 1. The van der Waals surface area contributed by atoms with Crippen LogP contribution in [0.4, 0.5) is 23.7 Å². The van der Waals surface area contributed by atoms with Crippen LogP contribution < -0.4 is 10.7 Å². The molecule has 0 fully saturated rings. The maximum Gasteiger partial charge on any atom is 0.417 e. The fourth-order valence-electron chi connectivity index (χ4n) is 2.35. The number of rotatable bonds is 4. The zero-order chi connectivity index (χ0) is 19.3. The molecule has 0 aliphatic rings. The van der Waals surface area contributed by atoms with Gasteiger partial charge in [-0.15, -0.1) is 0 Å². The molecule has 3 rings (SSSR count). The van der Waals surface area contributed by atoms with Gasteiger partial charge in [0.25, 0.3) is 0 Å². The largest absolute Gasteiger partial charge is 0.455 e. The third-order valence-corrected chi connectivity index (χ3v) is 3.51. The fourth-order valence-corrected chi connectivity index (χ4v) is 2.35. The highest BCUT2D eigenvalue weighted by Crippen LogP contribution is 2.37. The zero-order valence-electron chi connectivity index (χ0n) is 13.8. The van der Waals surface area contributed by atoms with Crippen LogP contribution in [0.1, 0.15) is 11.3 Å². The van der Waals surface area contributed by atoms with Crippen molar-refractivity contribution in [1.82, 2.24) is 5.43 Å². The highest BCUT2D eigenvalue weighted by atomic mass is 19.4. The molecule has 2 amide bonds. The van der Waals surface area contributed by atoms with Gasteiger partial charge in [-0.3, -0.25) is 0 Å². The summed E-state index contributed by atoms with van der Waals surface area (Å²) in [5, 5.41) is 6.28. The lowest BCUT2D eigenvalue weighted by atomic mass is 10.1. The van der Waals surface area contributed by atoms with Crippen molar-refractivity contribution in [2.24, 2.45) is 5.10 Å². The molecule has 1 heterocycles. The van der Waals surface area contributed by atoms with E-state index in [0.717, 1.165) is 6.07 Å². The second kappa shape index (κ2) is 7.77. The van der Waals surface area contributed by atoms with E-state index >= 15 is 0 Å². The Hall–Kier alpha value is -3.55. The Morgan fingerprint density at radius 2 is 1.67 bits per heavy atom. The van der Waals surface area contributed by atoms with Crippen molar-refractivity contribution in [2.45, 2.75) is 6.18 Å². The maximum absolute atomic E-state index is 13.1. The molecule has 0 spiro atoms. The first kappa shape index (κ1) is 18.2. The van der Waals surface area contributed by atoms with Crippen LogP contribution in [0.2, 0.25) is 0 Å². The number of carbonyl (C=O) groups excluding carboxylic acids is 1. The van der Waals surface area contributed by atoms with E-state index in [1.807, 2.05) is 6.07 Å². The summed E-state index contributed by atoms with van der Waals surface area (Å²) < 4.78 is 44.7. The molecule has 0 saturated carbocycles. The number of hydrogen-bond donors (Lipinski definition) is 2. The predicted octanol–water partition coefficient (Wildman–Crippen LogP) is 5.12. The minimum atomic E-state index is -4.49. The van der Waals surface area contributed by atoms with Crippen LogP contribution in [0.3, 0.4) is 0 Å². The molecule has 0 unspecified atom stereocenters. The summed E-state index contributed by atoms with van der Waals surface area (Å²) in [4.78, 5) is 11.7. The van der Waals surface area contributed by atoms with E-state index in [4.69, 9.17) is 4.42 Å². The van der Waals surface area contributed by atoms with Crippen LogP contribution in [0.5, 0.6) is 0 Å². The number of amides is 2. The summed E-state index contributed by atoms with van der Waals surface area (Å²) in [5.74, 6) is 0.250. The zero-order valence-corrected chi connectivity index (χ0v) is 13.8. The Morgan fingerprint density at radius 1 is 0.963 bits per heavy atom. The highest BCUT2D eigenvalue weighted by Gasteiger charge is 2.34. The SMILES string of the molecule is O=C(N/N=C\c1ccc(-c2ccccc2C(F)(F)F)o1)Nc1ccccc1. The van der Waals surface area contributed by atoms with Gasteiger partial charge in [0.2, 0.25) is 0 Å². The van der Waals surface area contributed by atoms with Gasteiger partial charge in [-0.1, -0.05) is 36.4 Å². The topological polar surface area (TPSA) is 66.6 Å². The van der Waals surface area contributed by atoms with Gasteiger partial charge in [0.1, 0.15) is 11.5 Å². The lowest BCUT2D eigenvalue weighted by Crippen LogP contribution is -2.24. The summed E-state index contributed by atoms with van der Waals surface area (Å²) in [5.41, 5.74) is 1.98. The molecule has 0 atom stereocenters. The van der Waals surface area contributed by atoms with Crippen molar-refractivity contribution >= 4 is 17.9 Å². The number of nitrogens with one attached hydrogen (secondary N) is 2. The normalized spacial score (nSPS) is 11.5. The molecular weight excluding hydrogens is 359 g/mol. The third-order valence-electron chi connectivity index (χ3n) is 3.51. The number of urea groups is 1. The number of anilines is 1. The van der Waals surface area contributed by atoms with Crippen LogP contribution >= 0.6 is 0 Å². The number of halogens is 3. The Morgan fingerprint density at radius 3 is 2.41 bits per heavy atom. The fraction of sp³-hybridized carbons (Fsp3) is 0.0526. The van der Waals surface area contributed by atoms with Crippen molar-refractivity contribution in [3.8, 4) is 11.3 Å². The van der Waals surface area contributed by atoms with Gasteiger partial charge in [-0.25, -0.2) is 10.2 Å². The number of hydrazone groups is 1. The number of carbonyl (C=O) groups is 1. The second-order valence-electron chi connectivity index (χ2n) is 5.44. The van der Waals surface area contributed by atoms with Crippen LogP contribution in [0.15, 0.2) is 76.2 Å². The quantitative estimate of drug-likeness (QED) is 0.492. The standard InChI is InChI=1S/C19H14F3N3O2/c20-19(21,22)16-9-5-4-8-15(16)17-11-10-14(27-17)12-23-25-18(26)24-13-6-2-1-3-7-13/h1-12H,(H2,24,25,26)/b23-12-. The van der Waals surface area contributed by atoms with Crippen molar-refractivity contribution in [1.29, 1.82) is 0 Å². The molecule has 5 nitrogen and oxygen atoms in total. The monoisotopic (exact) mass is 373 g/mol. The minimum absolute atomic E-state index is 0.0538. The Bertz CT molecular complexity index is 950. The second-order valence-corrected chi connectivity index (χ2v) is 5.44. The van der Waals surface area contributed by atoms with Crippen molar-refractivity contribution in [3.05, 3.63) is 78.1 Å². The molecule has 138 valence electrons. The van der Waals surface area contributed by atoms with E-state index < -0.39 is 17.8 Å². The molecule has 0 radical (unpaired) electrons. The first-order valence-electron chi connectivity index (χ1n) is 7.85. The predicted molar refractivity (Wildman–Crippen MR) is 95.3 cm³/mol. The lowest BCUT2D eigenvalue weighted by Gasteiger charge is -2.10. The Kier molecular flexibility index (Phi) is 5.25. The van der Waals surface area contributed by atoms with E-state index in [1.54, 1.807) is 24.3 Å².